The summed E-state index contributed by atoms with van der Waals surface area (Å²) in [7, 11) is 0. The van der Waals surface area contributed by atoms with E-state index in [1.54, 1.807) is 6.08 Å². The van der Waals surface area contributed by atoms with Gasteiger partial charge in [-0.25, -0.2) is 4.98 Å². The standard InChI is InChI=1S/C13H18N2OS/c1-5-6-7-8-11(16)15-12-14-10(9-17-12)13(2,3)4/h5-9H,1-4H3,(H,14,15,16)/b6-5+,8-7+. The molecule has 1 aromatic heterocycles. The molecule has 0 saturated carbocycles. The van der Waals surface area contributed by atoms with E-state index in [9.17, 15) is 4.79 Å². The number of amides is 1. The number of aromatic nitrogens is 1. The smallest absolute Gasteiger partial charge is 0.250 e. The van der Waals surface area contributed by atoms with Gasteiger partial charge < -0.3 is 0 Å². The van der Waals surface area contributed by atoms with Crippen LogP contribution in [0.15, 0.2) is 29.7 Å². The van der Waals surface area contributed by atoms with Crippen molar-refractivity contribution in [2.45, 2.75) is 33.1 Å². The van der Waals surface area contributed by atoms with Crippen molar-refractivity contribution in [1.29, 1.82) is 0 Å². The summed E-state index contributed by atoms with van der Waals surface area (Å²) in [6, 6.07) is 0. The molecule has 1 aromatic rings. The second-order valence-corrected chi connectivity index (χ2v) is 5.52. The molecular formula is C13H18N2OS. The molecule has 0 saturated heterocycles. The van der Waals surface area contributed by atoms with Crippen LogP contribution in [-0.2, 0) is 10.2 Å². The van der Waals surface area contributed by atoms with Crippen molar-refractivity contribution in [3.8, 4) is 0 Å². The van der Waals surface area contributed by atoms with Crippen LogP contribution in [0.25, 0.3) is 0 Å². The van der Waals surface area contributed by atoms with E-state index in [0.717, 1.165) is 5.69 Å². The maximum atomic E-state index is 11.5. The zero-order valence-electron chi connectivity index (χ0n) is 10.7. The Morgan fingerprint density at radius 2 is 2.12 bits per heavy atom. The number of anilines is 1. The number of carbonyl (C=O) groups excluding carboxylic acids is 1. The van der Waals surface area contributed by atoms with Crippen molar-refractivity contribution in [2.75, 3.05) is 5.32 Å². The van der Waals surface area contributed by atoms with Gasteiger partial charge in [-0.3, -0.25) is 10.1 Å². The average molecular weight is 250 g/mol. The fourth-order valence-electron chi connectivity index (χ4n) is 1.08. The number of hydrogen-bond acceptors (Lipinski definition) is 3. The molecule has 1 heterocycles. The molecule has 0 atom stereocenters. The summed E-state index contributed by atoms with van der Waals surface area (Å²) >= 11 is 1.45. The first-order chi connectivity index (χ1) is 7.93. The van der Waals surface area contributed by atoms with E-state index >= 15 is 0 Å². The molecule has 0 aliphatic carbocycles. The molecule has 0 radical (unpaired) electrons. The van der Waals surface area contributed by atoms with Crippen LogP contribution in [0.2, 0.25) is 0 Å². The highest BCUT2D eigenvalue weighted by Crippen LogP contribution is 2.26. The summed E-state index contributed by atoms with van der Waals surface area (Å²) in [6.07, 6.45) is 6.86. The third-order valence-corrected chi connectivity index (χ3v) is 2.81. The normalized spacial score (nSPS) is 12.5. The lowest BCUT2D eigenvalue weighted by molar-refractivity contribution is -0.111. The SMILES string of the molecule is C/C=C/C=C/C(=O)Nc1nc(C(C)(C)C)cs1. The fourth-order valence-corrected chi connectivity index (χ4v) is 2.02. The quantitative estimate of drug-likeness (QED) is 0.659. The van der Waals surface area contributed by atoms with E-state index in [0.29, 0.717) is 5.13 Å². The summed E-state index contributed by atoms with van der Waals surface area (Å²) in [5.41, 5.74) is 1.01. The molecule has 0 aromatic carbocycles. The number of allylic oxidation sites excluding steroid dienone is 3. The third kappa shape index (κ3) is 4.53. The minimum absolute atomic E-state index is 0.0142. The number of thiazole rings is 1. The van der Waals surface area contributed by atoms with E-state index in [-0.39, 0.29) is 11.3 Å². The van der Waals surface area contributed by atoms with Crippen molar-refractivity contribution in [3.63, 3.8) is 0 Å². The predicted molar refractivity (Wildman–Crippen MR) is 73.4 cm³/mol. The lowest BCUT2D eigenvalue weighted by atomic mass is 9.93. The van der Waals surface area contributed by atoms with Gasteiger partial charge in [-0.05, 0) is 6.92 Å². The van der Waals surface area contributed by atoms with Crippen molar-refractivity contribution in [2.24, 2.45) is 0 Å². The number of nitrogens with one attached hydrogen (secondary N) is 1. The Labute approximate surface area is 106 Å². The molecule has 0 unspecified atom stereocenters. The van der Waals surface area contributed by atoms with Gasteiger partial charge in [0.15, 0.2) is 5.13 Å². The summed E-state index contributed by atoms with van der Waals surface area (Å²) in [4.78, 5) is 15.9. The summed E-state index contributed by atoms with van der Waals surface area (Å²) in [6.45, 7) is 8.19. The van der Waals surface area contributed by atoms with Crippen molar-refractivity contribution in [3.05, 3.63) is 35.4 Å². The van der Waals surface area contributed by atoms with Crippen molar-refractivity contribution >= 4 is 22.4 Å². The lowest BCUT2D eigenvalue weighted by Crippen LogP contribution is -2.12. The molecule has 0 aliphatic heterocycles. The van der Waals surface area contributed by atoms with Gasteiger partial charge in [0.25, 0.3) is 0 Å². The molecule has 1 N–H and O–H groups in total. The molecule has 0 aliphatic rings. The van der Waals surface area contributed by atoms with E-state index in [2.05, 4.69) is 31.1 Å². The Kier molecular flexibility index (Phi) is 4.63. The zero-order valence-corrected chi connectivity index (χ0v) is 11.5. The van der Waals surface area contributed by atoms with Crippen LogP contribution in [0.1, 0.15) is 33.4 Å². The Morgan fingerprint density at radius 3 is 2.65 bits per heavy atom. The lowest BCUT2D eigenvalue weighted by Gasteiger charge is -2.14. The Morgan fingerprint density at radius 1 is 1.41 bits per heavy atom. The molecule has 1 rings (SSSR count). The van der Waals surface area contributed by atoms with Crippen molar-refractivity contribution < 1.29 is 4.79 Å². The molecule has 92 valence electrons. The van der Waals surface area contributed by atoms with Gasteiger partial charge in [-0.1, -0.05) is 39.0 Å². The third-order valence-electron chi connectivity index (χ3n) is 2.05. The molecule has 0 bridgehead atoms. The van der Waals surface area contributed by atoms with Crippen LogP contribution < -0.4 is 5.32 Å². The Hall–Kier alpha value is -1.42. The first-order valence-corrected chi connectivity index (χ1v) is 6.38. The number of carbonyl (C=O) groups is 1. The Bertz CT molecular complexity index is 439. The fraction of sp³-hybridized carbons (Fsp3) is 0.385. The minimum atomic E-state index is -0.155. The monoisotopic (exact) mass is 250 g/mol. The molecule has 0 spiro atoms. The molecule has 3 nitrogen and oxygen atoms in total. The highest BCUT2D eigenvalue weighted by Gasteiger charge is 2.17. The van der Waals surface area contributed by atoms with E-state index in [4.69, 9.17) is 0 Å². The summed E-state index contributed by atoms with van der Waals surface area (Å²) < 4.78 is 0. The average Bonchev–Trinajstić information content (AvgIpc) is 2.66. The number of rotatable bonds is 3. The largest absolute Gasteiger partial charge is 0.298 e. The van der Waals surface area contributed by atoms with Gasteiger partial charge in [-0.15, -0.1) is 11.3 Å². The zero-order chi connectivity index (χ0) is 12.9. The van der Waals surface area contributed by atoms with Crippen LogP contribution in [0, 0.1) is 0 Å². The number of hydrogen-bond donors (Lipinski definition) is 1. The van der Waals surface area contributed by atoms with E-state index in [1.165, 1.54) is 17.4 Å². The highest BCUT2D eigenvalue weighted by molar-refractivity contribution is 7.14. The first kappa shape index (κ1) is 13.6. The van der Waals surface area contributed by atoms with Gasteiger partial charge in [-0.2, -0.15) is 0 Å². The molecule has 0 fully saturated rings. The van der Waals surface area contributed by atoms with Crippen molar-refractivity contribution in [1.82, 2.24) is 4.98 Å². The molecular weight excluding hydrogens is 232 g/mol. The van der Waals surface area contributed by atoms with Gasteiger partial charge in [0, 0.05) is 16.9 Å². The topological polar surface area (TPSA) is 42.0 Å². The van der Waals surface area contributed by atoms with Gasteiger partial charge >= 0.3 is 0 Å². The van der Waals surface area contributed by atoms with Crippen LogP contribution >= 0.6 is 11.3 Å². The first-order valence-electron chi connectivity index (χ1n) is 5.50. The molecule has 17 heavy (non-hydrogen) atoms. The van der Waals surface area contributed by atoms with Gasteiger partial charge in [0.2, 0.25) is 5.91 Å². The van der Waals surface area contributed by atoms with Crippen LogP contribution in [0.4, 0.5) is 5.13 Å². The maximum absolute atomic E-state index is 11.5. The van der Waals surface area contributed by atoms with Gasteiger partial charge in [0.05, 0.1) is 5.69 Å². The van der Waals surface area contributed by atoms with E-state index in [1.807, 2.05) is 24.5 Å². The van der Waals surface area contributed by atoms with Crippen LogP contribution in [-0.4, -0.2) is 10.9 Å². The van der Waals surface area contributed by atoms with Crippen LogP contribution in [0.5, 0.6) is 0 Å². The Balaban J connectivity index is 2.64. The molecule has 4 heteroatoms. The summed E-state index contributed by atoms with van der Waals surface area (Å²) in [5.74, 6) is -0.155. The summed E-state index contributed by atoms with van der Waals surface area (Å²) in [5, 5.41) is 5.36. The predicted octanol–water partition coefficient (Wildman–Crippen LogP) is 3.51. The molecule has 1 amide bonds. The second-order valence-electron chi connectivity index (χ2n) is 4.66. The number of nitrogens with zero attached hydrogens (tertiary/aromatic N) is 1. The van der Waals surface area contributed by atoms with Gasteiger partial charge in [0.1, 0.15) is 0 Å². The maximum Gasteiger partial charge on any atom is 0.250 e. The van der Waals surface area contributed by atoms with E-state index < -0.39 is 0 Å². The minimum Gasteiger partial charge on any atom is -0.298 e. The second kappa shape index (κ2) is 5.77. The highest BCUT2D eigenvalue weighted by atomic mass is 32.1. The van der Waals surface area contributed by atoms with Crippen LogP contribution in [0.3, 0.4) is 0 Å².